The van der Waals surface area contributed by atoms with E-state index in [1.807, 2.05) is 38.1 Å². The fourth-order valence-corrected chi connectivity index (χ4v) is 2.77. The number of aromatic nitrogens is 1. The fraction of sp³-hybridized carbons (Fsp3) is 0.167. The van der Waals surface area contributed by atoms with Crippen LogP contribution in [0, 0.1) is 5.82 Å². The molecule has 1 unspecified atom stereocenters. The maximum absolute atomic E-state index is 14.3. The van der Waals surface area contributed by atoms with Crippen LogP contribution < -0.4 is 14.8 Å². The van der Waals surface area contributed by atoms with Gasteiger partial charge in [-0.2, -0.15) is 0 Å². The van der Waals surface area contributed by atoms with E-state index >= 15 is 0 Å². The van der Waals surface area contributed by atoms with E-state index in [1.54, 1.807) is 30.5 Å². The Balaban J connectivity index is 1.58. The number of carbonyl (C=O) groups is 1. The lowest BCUT2D eigenvalue weighted by molar-refractivity contribution is -0.117. The maximum atomic E-state index is 14.3. The second kappa shape index (κ2) is 10.2. The summed E-state index contributed by atoms with van der Waals surface area (Å²) in [6.07, 6.45) is 6.04. The summed E-state index contributed by atoms with van der Waals surface area (Å²) >= 11 is 0. The number of benzene rings is 2. The second-order valence-corrected chi connectivity index (χ2v) is 6.55. The minimum atomic E-state index is -0.524. The molecule has 3 aromatic rings. The number of hydrogen-bond acceptors (Lipinski definition) is 4. The SMILES string of the molecule is CCOc1ccc(C(C)NC(=O)/C=C/c2ccc(Oc3cccnc3)c(F)c2)cc1. The number of carbonyl (C=O) groups excluding carboxylic acids is 1. The first kappa shape index (κ1) is 21.0. The summed E-state index contributed by atoms with van der Waals surface area (Å²) < 4.78 is 25.2. The molecule has 1 amide bonds. The van der Waals surface area contributed by atoms with Crippen molar-refractivity contribution in [2.45, 2.75) is 19.9 Å². The molecule has 0 radical (unpaired) electrons. The van der Waals surface area contributed by atoms with E-state index in [-0.39, 0.29) is 17.7 Å². The lowest BCUT2D eigenvalue weighted by atomic mass is 10.1. The number of pyridine rings is 1. The van der Waals surface area contributed by atoms with Gasteiger partial charge in [-0.3, -0.25) is 9.78 Å². The molecule has 0 bridgehead atoms. The van der Waals surface area contributed by atoms with Crippen LogP contribution >= 0.6 is 0 Å². The van der Waals surface area contributed by atoms with Crippen LogP contribution in [0.25, 0.3) is 6.08 Å². The first-order valence-corrected chi connectivity index (χ1v) is 9.64. The molecule has 0 aliphatic rings. The first-order valence-electron chi connectivity index (χ1n) is 9.64. The molecule has 0 saturated heterocycles. The average molecular weight is 406 g/mol. The van der Waals surface area contributed by atoms with Crippen molar-refractivity contribution in [2.75, 3.05) is 6.61 Å². The Hall–Kier alpha value is -3.67. The molecule has 0 saturated carbocycles. The van der Waals surface area contributed by atoms with Crippen LogP contribution in [0.4, 0.5) is 4.39 Å². The van der Waals surface area contributed by atoms with Crippen molar-refractivity contribution in [1.29, 1.82) is 0 Å². The molecule has 1 atom stereocenters. The van der Waals surface area contributed by atoms with Gasteiger partial charge in [0, 0.05) is 12.3 Å². The highest BCUT2D eigenvalue weighted by molar-refractivity contribution is 5.92. The molecule has 6 heteroatoms. The van der Waals surface area contributed by atoms with Gasteiger partial charge in [-0.05, 0) is 67.4 Å². The molecule has 3 rings (SSSR count). The summed E-state index contributed by atoms with van der Waals surface area (Å²) in [6, 6.07) is 15.3. The molecule has 0 aliphatic carbocycles. The van der Waals surface area contributed by atoms with E-state index in [4.69, 9.17) is 9.47 Å². The summed E-state index contributed by atoms with van der Waals surface area (Å²) in [5.41, 5.74) is 1.51. The van der Waals surface area contributed by atoms with Crippen LogP contribution in [0.2, 0.25) is 0 Å². The Morgan fingerprint density at radius 3 is 2.63 bits per heavy atom. The van der Waals surface area contributed by atoms with E-state index in [0.717, 1.165) is 11.3 Å². The first-order chi connectivity index (χ1) is 14.5. The Morgan fingerprint density at radius 1 is 1.17 bits per heavy atom. The van der Waals surface area contributed by atoms with Gasteiger partial charge < -0.3 is 14.8 Å². The zero-order valence-electron chi connectivity index (χ0n) is 16.8. The third-order valence-corrected chi connectivity index (χ3v) is 4.30. The molecular formula is C24H23FN2O3. The van der Waals surface area contributed by atoms with Crippen LogP contribution in [0.5, 0.6) is 17.2 Å². The number of nitrogens with zero attached hydrogens (tertiary/aromatic N) is 1. The normalized spacial score (nSPS) is 11.8. The van der Waals surface area contributed by atoms with Gasteiger partial charge in [-0.1, -0.05) is 18.2 Å². The molecule has 154 valence electrons. The van der Waals surface area contributed by atoms with Crippen LogP contribution in [-0.4, -0.2) is 17.5 Å². The predicted molar refractivity (Wildman–Crippen MR) is 114 cm³/mol. The van der Waals surface area contributed by atoms with E-state index in [2.05, 4.69) is 10.3 Å². The number of halogens is 1. The molecule has 2 aromatic carbocycles. The van der Waals surface area contributed by atoms with Crippen LogP contribution in [-0.2, 0) is 4.79 Å². The minimum Gasteiger partial charge on any atom is -0.494 e. The molecule has 1 aromatic heterocycles. The van der Waals surface area contributed by atoms with Crippen LogP contribution in [0.1, 0.15) is 31.0 Å². The van der Waals surface area contributed by atoms with Gasteiger partial charge in [0.2, 0.25) is 5.91 Å². The zero-order valence-corrected chi connectivity index (χ0v) is 16.8. The van der Waals surface area contributed by atoms with E-state index < -0.39 is 5.82 Å². The number of ether oxygens (including phenoxy) is 2. The van der Waals surface area contributed by atoms with E-state index in [1.165, 1.54) is 24.4 Å². The second-order valence-electron chi connectivity index (χ2n) is 6.55. The van der Waals surface area contributed by atoms with Gasteiger partial charge in [0.1, 0.15) is 11.5 Å². The van der Waals surface area contributed by atoms with E-state index in [9.17, 15) is 9.18 Å². The van der Waals surface area contributed by atoms with Gasteiger partial charge in [0.15, 0.2) is 11.6 Å². The third-order valence-electron chi connectivity index (χ3n) is 4.30. The monoisotopic (exact) mass is 406 g/mol. The quantitative estimate of drug-likeness (QED) is 0.516. The number of rotatable bonds is 8. The Labute approximate surface area is 175 Å². The van der Waals surface area contributed by atoms with Crippen molar-refractivity contribution < 1.29 is 18.7 Å². The highest BCUT2D eigenvalue weighted by atomic mass is 19.1. The molecule has 1 N–H and O–H groups in total. The summed E-state index contributed by atoms with van der Waals surface area (Å²) in [6.45, 7) is 4.43. The third kappa shape index (κ3) is 5.91. The minimum absolute atomic E-state index is 0.0914. The lowest BCUT2D eigenvalue weighted by Gasteiger charge is -2.13. The van der Waals surface area contributed by atoms with Gasteiger partial charge >= 0.3 is 0 Å². The van der Waals surface area contributed by atoms with Crippen molar-refractivity contribution in [2.24, 2.45) is 0 Å². The van der Waals surface area contributed by atoms with E-state index in [0.29, 0.717) is 17.9 Å². The van der Waals surface area contributed by atoms with Gasteiger partial charge in [0.25, 0.3) is 0 Å². The number of hydrogen-bond donors (Lipinski definition) is 1. The summed E-state index contributed by atoms with van der Waals surface area (Å²) in [5.74, 6) is 0.533. The zero-order chi connectivity index (χ0) is 21.3. The van der Waals surface area contributed by atoms with Gasteiger partial charge in [-0.15, -0.1) is 0 Å². The topological polar surface area (TPSA) is 60.5 Å². The Kier molecular flexibility index (Phi) is 7.16. The van der Waals surface area contributed by atoms with Gasteiger partial charge in [0.05, 0.1) is 18.8 Å². The molecule has 1 heterocycles. The average Bonchev–Trinajstić information content (AvgIpc) is 2.75. The van der Waals surface area contributed by atoms with Crippen LogP contribution in [0.3, 0.4) is 0 Å². The van der Waals surface area contributed by atoms with Crippen molar-refractivity contribution in [3.8, 4) is 17.2 Å². The van der Waals surface area contributed by atoms with Crippen molar-refractivity contribution >= 4 is 12.0 Å². The highest BCUT2D eigenvalue weighted by Crippen LogP contribution is 2.25. The molecule has 0 aliphatic heterocycles. The lowest BCUT2D eigenvalue weighted by Crippen LogP contribution is -2.24. The molecule has 30 heavy (non-hydrogen) atoms. The largest absolute Gasteiger partial charge is 0.494 e. The molecule has 0 fully saturated rings. The predicted octanol–water partition coefficient (Wildman–Crippen LogP) is 5.30. The molecule has 5 nitrogen and oxygen atoms in total. The molecule has 0 spiro atoms. The van der Waals surface area contributed by atoms with Gasteiger partial charge in [-0.25, -0.2) is 4.39 Å². The number of amides is 1. The smallest absolute Gasteiger partial charge is 0.244 e. The highest BCUT2D eigenvalue weighted by Gasteiger charge is 2.09. The number of nitrogens with one attached hydrogen (secondary N) is 1. The van der Waals surface area contributed by atoms with Crippen LogP contribution in [0.15, 0.2) is 73.1 Å². The summed E-state index contributed by atoms with van der Waals surface area (Å²) in [7, 11) is 0. The van der Waals surface area contributed by atoms with Crippen molar-refractivity contribution in [3.63, 3.8) is 0 Å². The van der Waals surface area contributed by atoms with Crippen molar-refractivity contribution in [3.05, 3.63) is 90.0 Å². The standard InChI is InChI=1S/C24H23FN2O3/c1-3-29-20-10-8-19(9-11-20)17(2)27-24(28)13-7-18-6-12-23(22(25)15-18)30-21-5-4-14-26-16-21/h4-17H,3H2,1-2H3,(H,27,28)/b13-7+. The molecular weight excluding hydrogens is 383 g/mol. The summed E-state index contributed by atoms with van der Waals surface area (Å²) in [4.78, 5) is 16.1. The fourth-order valence-electron chi connectivity index (χ4n) is 2.77. The Bertz CT molecular complexity index is 1000. The van der Waals surface area contributed by atoms with Crippen molar-refractivity contribution in [1.82, 2.24) is 10.3 Å². The maximum Gasteiger partial charge on any atom is 0.244 e. The Morgan fingerprint density at radius 2 is 1.97 bits per heavy atom. The summed E-state index contributed by atoms with van der Waals surface area (Å²) in [5, 5.41) is 2.88.